The zero-order chi connectivity index (χ0) is 12.9. The van der Waals surface area contributed by atoms with Crippen molar-refractivity contribution in [1.29, 1.82) is 0 Å². The molecule has 0 amide bonds. The van der Waals surface area contributed by atoms with E-state index >= 15 is 0 Å². The molecule has 1 unspecified atom stereocenters. The van der Waals surface area contributed by atoms with Crippen LogP contribution in [-0.4, -0.2) is 18.1 Å². The second kappa shape index (κ2) is 6.71. The maximum Gasteiger partial charge on any atom is 0.0208 e. The molecular formula is C14H23IN2. The Balaban J connectivity index is 2.28. The molecule has 1 atom stereocenters. The lowest BCUT2D eigenvalue weighted by Gasteiger charge is -2.24. The van der Waals surface area contributed by atoms with Crippen LogP contribution in [0.3, 0.4) is 0 Å². The van der Waals surface area contributed by atoms with Crippen LogP contribution in [0.4, 0.5) is 0 Å². The summed E-state index contributed by atoms with van der Waals surface area (Å²) in [6, 6.07) is 9.14. The van der Waals surface area contributed by atoms with Crippen molar-refractivity contribution in [3.63, 3.8) is 0 Å². The summed E-state index contributed by atoms with van der Waals surface area (Å²) in [5, 5.41) is 7.03. The Bertz CT molecular complexity index is 327. The first-order valence-electron chi connectivity index (χ1n) is 6.10. The van der Waals surface area contributed by atoms with Crippen LogP contribution in [0, 0.1) is 3.57 Å². The van der Waals surface area contributed by atoms with Crippen LogP contribution < -0.4 is 10.6 Å². The third-order valence-electron chi connectivity index (χ3n) is 2.51. The van der Waals surface area contributed by atoms with Crippen LogP contribution in [-0.2, 0) is 6.54 Å². The standard InChI is InChI=1S/C14H23IN2/c1-11(9-17-14(2,3)4)16-10-12-5-7-13(15)8-6-12/h5-8,11,16-17H,9-10H2,1-4H3. The van der Waals surface area contributed by atoms with Crippen LogP contribution in [0.1, 0.15) is 33.3 Å². The molecule has 17 heavy (non-hydrogen) atoms. The molecule has 2 nitrogen and oxygen atoms in total. The molecule has 1 aromatic carbocycles. The summed E-state index contributed by atoms with van der Waals surface area (Å²) in [7, 11) is 0. The first-order chi connectivity index (χ1) is 7.87. The highest BCUT2D eigenvalue weighted by Crippen LogP contribution is 2.06. The van der Waals surface area contributed by atoms with E-state index in [4.69, 9.17) is 0 Å². The lowest BCUT2D eigenvalue weighted by Crippen LogP contribution is -2.44. The average Bonchev–Trinajstić information content (AvgIpc) is 2.25. The van der Waals surface area contributed by atoms with Gasteiger partial charge in [0.25, 0.3) is 0 Å². The number of hydrogen-bond acceptors (Lipinski definition) is 2. The van der Waals surface area contributed by atoms with E-state index in [1.54, 1.807) is 0 Å². The van der Waals surface area contributed by atoms with Gasteiger partial charge in [0.1, 0.15) is 0 Å². The minimum absolute atomic E-state index is 0.193. The van der Waals surface area contributed by atoms with E-state index in [9.17, 15) is 0 Å². The summed E-state index contributed by atoms with van der Waals surface area (Å²) < 4.78 is 1.29. The predicted molar refractivity (Wildman–Crippen MR) is 83.2 cm³/mol. The molecule has 0 saturated carbocycles. The molecule has 1 aromatic rings. The van der Waals surface area contributed by atoms with Crippen molar-refractivity contribution >= 4 is 22.6 Å². The van der Waals surface area contributed by atoms with Crippen molar-refractivity contribution < 1.29 is 0 Å². The van der Waals surface area contributed by atoms with Crippen LogP contribution in [0.5, 0.6) is 0 Å². The first-order valence-corrected chi connectivity index (χ1v) is 7.17. The van der Waals surface area contributed by atoms with Crippen LogP contribution in [0.25, 0.3) is 0 Å². The maximum atomic E-state index is 3.53. The molecule has 0 fully saturated rings. The Hall–Kier alpha value is -0.130. The Morgan fingerprint density at radius 2 is 1.76 bits per heavy atom. The zero-order valence-electron chi connectivity index (χ0n) is 11.2. The van der Waals surface area contributed by atoms with Gasteiger partial charge < -0.3 is 10.6 Å². The minimum atomic E-state index is 0.193. The topological polar surface area (TPSA) is 24.1 Å². The van der Waals surface area contributed by atoms with Crippen LogP contribution in [0.2, 0.25) is 0 Å². The summed E-state index contributed by atoms with van der Waals surface area (Å²) in [5.41, 5.74) is 1.53. The van der Waals surface area contributed by atoms with E-state index in [1.165, 1.54) is 9.13 Å². The summed E-state index contributed by atoms with van der Waals surface area (Å²) in [5.74, 6) is 0. The SMILES string of the molecule is CC(CNC(C)(C)C)NCc1ccc(I)cc1. The van der Waals surface area contributed by atoms with Gasteiger partial charge in [0.05, 0.1) is 0 Å². The average molecular weight is 346 g/mol. The molecule has 96 valence electrons. The fourth-order valence-electron chi connectivity index (χ4n) is 1.43. The summed E-state index contributed by atoms with van der Waals surface area (Å²) in [4.78, 5) is 0. The van der Waals surface area contributed by atoms with E-state index in [1.807, 2.05) is 0 Å². The third kappa shape index (κ3) is 7.01. The highest BCUT2D eigenvalue weighted by Gasteiger charge is 2.10. The molecule has 0 spiro atoms. The van der Waals surface area contributed by atoms with Gasteiger partial charge in [-0.3, -0.25) is 0 Å². The molecule has 0 aliphatic heterocycles. The number of benzene rings is 1. The van der Waals surface area contributed by atoms with Gasteiger partial charge in [0, 0.05) is 28.2 Å². The minimum Gasteiger partial charge on any atom is -0.311 e. The lowest BCUT2D eigenvalue weighted by atomic mass is 10.1. The molecule has 0 radical (unpaired) electrons. The van der Waals surface area contributed by atoms with E-state index in [2.05, 4.69) is 85.2 Å². The van der Waals surface area contributed by atoms with E-state index in [0.29, 0.717) is 6.04 Å². The normalized spacial score (nSPS) is 13.7. The highest BCUT2D eigenvalue weighted by molar-refractivity contribution is 14.1. The van der Waals surface area contributed by atoms with Gasteiger partial charge in [-0.2, -0.15) is 0 Å². The molecule has 0 aromatic heterocycles. The second-order valence-corrected chi connectivity index (χ2v) is 6.78. The van der Waals surface area contributed by atoms with Gasteiger partial charge in [-0.05, 0) is 68.0 Å². The van der Waals surface area contributed by atoms with Crippen molar-refractivity contribution in [3.05, 3.63) is 33.4 Å². The molecule has 0 saturated heterocycles. The van der Waals surface area contributed by atoms with Gasteiger partial charge in [0.15, 0.2) is 0 Å². The monoisotopic (exact) mass is 346 g/mol. The Kier molecular flexibility index (Phi) is 5.89. The van der Waals surface area contributed by atoms with Gasteiger partial charge >= 0.3 is 0 Å². The molecule has 0 heterocycles. The number of rotatable bonds is 5. The second-order valence-electron chi connectivity index (χ2n) is 5.54. The Morgan fingerprint density at radius 3 is 2.29 bits per heavy atom. The smallest absolute Gasteiger partial charge is 0.0208 e. The molecule has 3 heteroatoms. The van der Waals surface area contributed by atoms with Crippen molar-refractivity contribution in [1.82, 2.24) is 10.6 Å². The van der Waals surface area contributed by atoms with Gasteiger partial charge in [-0.1, -0.05) is 12.1 Å². The fraction of sp³-hybridized carbons (Fsp3) is 0.571. The molecular weight excluding hydrogens is 323 g/mol. The van der Waals surface area contributed by atoms with E-state index in [-0.39, 0.29) is 5.54 Å². The largest absolute Gasteiger partial charge is 0.311 e. The van der Waals surface area contributed by atoms with Crippen molar-refractivity contribution in [2.24, 2.45) is 0 Å². The quantitative estimate of drug-likeness (QED) is 0.801. The maximum absolute atomic E-state index is 3.53. The molecule has 0 bridgehead atoms. The third-order valence-corrected chi connectivity index (χ3v) is 3.23. The van der Waals surface area contributed by atoms with Gasteiger partial charge in [0.2, 0.25) is 0 Å². The number of nitrogens with one attached hydrogen (secondary N) is 2. The van der Waals surface area contributed by atoms with Crippen molar-refractivity contribution in [3.8, 4) is 0 Å². The van der Waals surface area contributed by atoms with Gasteiger partial charge in [-0.25, -0.2) is 0 Å². The van der Waals surface area contributed by atoms with Crippen LogP contribution >= 0.6 is 22.6 Å². The molecule has 1 rings (SSSR count). The number of halogens is 1. The molecule has 0 aliphatic rings. The fourth-order valence-corrected chi connectivity index (χ4v) is 1.79. The number of hydrogen-bond donors (Lipinski definition) is 2. The summed E-state index contributed by atoms with van der Waals surface area (Å²) in [6.45, 7) is 10.7. The van der Waals surface area contributed by atoms with Crippen molar-refractivity contribution in [2.75, 3.05) is 6.54 Å². The van der Waals surface area contributed by atoms with Crippen molar-refractivity contribution in [2.45, 2.75) is 45.8 Å². The summed E-state index contributed by atoms with van der Waals surface area (Å²) in [6.07, 6.45) is 0. The zero-order valence-corrected chi connectivity index (χ0v) is 13.3. The van der Waals surface area contributed by atoms with Gasteiger partial charge in [-0.15, -0.1) is 0 Å². The predicted octanol–water partition coefficient (Wildman–Crippen LogP) is 3.16. The first kappa shape index (κ1) is 14.9. The Labute approximate surface area is 119 Å². The van der Waals surface area contributed by atoms with Crippen LogP contribution in [0.15, 0.2) is 24.3 Å². The van der Waals surface area contributed by atoms with E-state index in [0.717, 1.165) is 13.1 Å². The molecule has 2 N–H and O–H groups in total. The lowest BCUT2D eigenvalue weighted by molar-refractivity contribution is 0.387. The Morgan fingerprint density at radius 1 is 1.18 bits per heavy atom. The molecule has 0 aliphatic carbocycles. The highest BCUT2D eigenvalue weighted by atomic mass is 127. The van der Waals surface area contributed by atoms with E-state index < -0.39 is 0 Å². The summed E-state index contributed by atoms with van der Waals surface area (Å²) >= 11 is 2.33.